The molecule has 140 valence electrons. The number of hydrogen-bond acceptors (Lipinski definition) is 6. The maximum absolute atomic E-state index is 12.0. The zero-order chi connectivity index (χ0) is 19.1. The van der Waals surface area contributed by atoms with Gasteiger partial charge in [0.25, 0.3) is 5.91 Å². The fourth-order valence-corrected chi connectivity index (χ4v) is 3.12. The molecule has 0 saturated heterocycles. The second-order valence-electron chi connectivity index (χ2n) is 6.15. The van der Waals surface area contributed by atoms with E-state index in [1.807, 2.05) is 62.4 Å². The molecule has 1 heterocycles. The summed E-state index contributed by atoms with van der Waals surface area (Å²) < 4.78 is 5.56. The molecule has 1 aromatic heterocycles. The quantitative estimate of drug-likeness (QED) is 0.619. The molecule has 0 aliphatic rings. The molecule has 0 radical (unpaired) electrons. The Kier molecular flexibility index (Phi) is 6.38. The predicted molar refractivity (Wildman–Crippen MR) is 109 cm³/mol. The molecule has 0 aliphatic heterocycles. The van der Waals surface area contributed by atoms with Crippen LogP contribution in [0.4, 0.5) is 10.8 Å². The van der Waals surface area contributed by atoms with Crippen LogP contribution in [0.5, 0.6) is 5.75 Å². The topological polar surface area (TPSA) is 76.1 Å². The Morgan fingerprint density at radius 1 is 1.11 bits per heavy atom. The molecule has 7 heteroatoms. The summed E-state index contributed by atoms with van der Waals surface area (Å²) >= 11 is 1.54. The van der Waals surface area contributed by atoms with Gasteiger partial charge in [0.05, 0.1) is 0 Å². The number of nitrogens with zero attached hydrogens (tertiary/aromatic N) is 2. The van der Waals surface area contributed by atoms with E-state index in [2.05, 4.69) is 20.8 Å². The lowest BCUT2D eigenvalue weighted by molar-refractivity contribution is -0.118. The Hall–Kier alpha value is -2.93. The first kappa shape index (κ1) is 18.8. The molecule has 0 fully saturated rings. The fourth-order valence-electron chi connectivity index (χ4n) is 2.50. The first-order valence-electron chi connectivity index (χ1n) is 8.71. The number of ether oxygens (including phenoxy) is 1. The van der Waals surface area contributed by atoms with Gasteiger partial charge in [0.1, 0.15) is 10.8 Å². The molecular formula is C20H22N4O2S. The van der Waals surface area contributed by atoms with Crippen molar-refractivity contribution in [2.24, 2.45) is 0 Å². The molecule has 6 nitrogen and oxygen atoms in total. The molecule has 0 aliphatic carbocycles. The summed E-state index contributed by atoms with van der Waals surface area (Å²) in [6.45, 7) is 4.68. The zero-order valence-corrected chi connectivity index (χ0v) is 16.2. The van der Waals surface area contributed by atoms with Gasteiger partial charge in [-0.3, -0.25) is 4.79 Å². The second kappa shape index (κ2) is 9.14. The van der Waals surface area contributed by atoms with Gasteiger partial charge in [-0.1, -0.05) is 35.6 Å². The van der Waals surface area contributed by atoms with Gasteiger partial charge in [-0.25, -0.2) is 0 Å². The third-order valence-corrected chi connectivity index (χ3v) is 4.61. The van der Waals surface area contributed by atoms with Gasteiger partial charge in [0.2, 0.25) is 5.13 Å². The zero-order valence-electron chi connectivity index (χ0n) is 15.4. The lowest BCUT2D eigenvalue weighted by atomic mass is 10.1. The molecule has 0 saturated carbocycles. The van der Waals surface area contributed by atoms with E-state index in [-0.39, 0.29) is 12.5 Å². The highest BCUT2D eigenvalue weighted by molar-refractivity contribution is 7.15. The van der Waals surface area contributed by atoms with Gasteiger partial charge in [-0.05, 0) is 55.7 Å². The highest BCUT2D eigenvalue weighted by Gasteiger charge is 2.04. The maximum atomic E-state index is 12.0. The molecule has 1 amide bonds. The van der Waals surface area contributed by atoms with Crippen molar-refractivity contribution in [3.05, 3.63) is 64.7 Å². The number of amides is 1. The molecule has 0 atom stereocenters. The Labute approximate surface area is 162 Å². The largest absolute Gasteiger partial charge is 0.484 e. The number of carbonyl (C=O) groups excluding carboxylic acids is 1. The van der Waals surface area contributed by atoms with Crippen molar-refractivity contribution in [2.75, 3.05) is 23.8 Å². The molecule has 2 aromatic carbocycles. The van der Waals surface area contributed by atoms with Gasteiger partial charge in [0, 0.05) is 12.2 Å². The molecular weight excluding hydrogens is 360 g/mol. The standard InChI is InChI=1S/C20H22N4O2S/c1-14-4-3-5-17(12-14)22-19(25)13-26-18-8-6-16(7-9-18)10-11-21-20-24-23-15(2)27-20/h3-9,12H,10-11,13H2,1-2H3,(H,21,24)(H,22,25). The second-order valence-corrected chi connectivity index (χ2v) is 7.33. The number of nitrogens with one attached hydrogen (secondary N) is 2. The van der Waals surface area contributed by atoms with Crippen molar-refractivity contribution in [3.63, 3.8) is 0 Å². The van der Waals surface area contributed by atoms with Crippen LogP contribution in [0.15, 0.2) is 48.5 Å². The van der Waals surface area contributed by atoms with Gasteiger partial charge in [0.15, 0.2) is 6.61 Å². The van der Waals surface area contributed by atoms with E-state index in [0.717, 1.165) is 34.4 Å². The minimum Gasteiger partial charge on any atom is -0.484 e. The van der Waals surface area contributed by atoms with Crippen LogP contribution in [0.25, 0.3) is 0 Å². The van der Waals surface area contributed by atoms with Crippen LogP contribution in [-0.4, -0.2) is 29.3 Å². The number of rotatable bonds is 8. The van der Waals surface area contributed by atoms with Crippen LogP contribution >= 0.6 is 11.3 Å². The van der Waals surface area contributed by atoms with E-state index in [0.29, 0.717) is 5.75 Å². The summed E-state index contributed by atoms with van der Waals surface area (Å²) in [6, 6.07) is 15.4. The number of carbonyl (C=O) groups is 1. The van der Waals surface area contributed by atoms with E-state index < -0.39 is 0 Å². The highest BCUT2D eigenvalue weighted by atomic mass is 32.1. The first-order valence-corrected chi connectivity index (χ1v) is 9.52. The lowest BCUT2D eigenvalue weighted by Gasteiger charge is -2.09. The summed E-state index contributed by atoms with van der Waals surface area (Å²) in [5, 5.41) is 15.9. The van der Waals surface area contributed by atoms with Crippen molar-refractivity contribution >= 4 is 28.1 Å². The summed E-state index contributed by atoms with van der Waals surface area (Å²) in [6.07, 6.45) is 0.868. The summed E-state index contributed by atoms with van der Waals surface area (Å²) in [7, 11) is 0. The van der Waals surface area contributed by atoms with E-state index in [1.54, 1.807) is 11.3 Å². The van der Waals surface area contributed by atoms with Gasteiger partial charge >= 0.3 is 0 Å². The monoisotopic (exact) mass is 382 g/mol. The molecule has 3 aromatic rings. The van der Waals surface area contributed by atoms with Gasteiger partial charge in [-0.15, -0.1) is 10.2 Å². The Bertz CT molecular complexity index is 893. The smallest absolute Gasteiger partial charge is 0.262 e. The summed E-state index contributed by atoms with van der Waals surface area (Å²) in [5.41, 5.74) is 3.05. The predicted octanol–water partition coefficient (Wildman–Crippen LogP) is 3.83. The van der Waals surface area contributed by atoms with Gasteiger partial charge < -0.3 is 15.4 Å². The average molecular weight is 382 g/mol. The van der Waals surface area contributed by atoms with Crippen molar-refractivity contribution in [2.45, 2.75) is 20.3 Å². The molecule has 2 N–H and O–H groups in total. The fraction of sp³-hybridized carbons (Fsp3) is 0.250. The minimum absolute atomic E-state index is 0.0226. The Morgan fingerprint density at radius 2 is 1.93 bits per heavy atom. The minimum atomic E-state index is -0.179. The van der Waals surface area contributed by atoms with E-state index in [4.69, 9.17) is 4.74 Å². The molecule has 3 rings (SSSR count). The highest BCUT2D eigenvalue weighted by Crippen LogP contribution is 2.15. The molecule has 0 unspecified atom stereocenters. The maximum Gasteiger partial charge on any atom is 0.262 e. The number of benzene rings is 2. The average Bonchev–Trinajstić information content (AvgIpc) is 3.06. The normalized spacial score (nSPS) is 10.4. The molecule has 0 spiro atoms. The van der Waals surface area contributed by atoms with E-state index in [1.165, 1.54) is 5.56 Å². The Morgan fingerprint density at radius 3 is 2.63 bits per heavy atom. The number of anilines is 2. The third kappa shape index (κ3) is 6.07. The van der Waals surface area contributed by atoms with Crippen molar-refractivity contribution in [1.82, 2.24) is 10.2 Å². The van der Waals surface area contributed by atoms with Crippen LogP contribution in [0, 0.1) is 13.8 Å². The summed E-state index contributed by atoms with van der Waals surface area (Å²) in [5.74, 6) is 0.493. The van der Waals surface area contributed by atoms with Crippen molar-refractivity contribution in [3.8, 4) is 5.75 Å². The molecule has 27 heavy (non-hydrogen) atoms. The summed E-state index contributed by atoms with van der Waals surface area (Å²) in [4.78, 5) is 12.0. The van der Waals surface area contributed by atoms with Crippen molar-refractivity contribution in [1.29, 1.82) is 0 Å². The van der Waals surface area contributed by atoms with Crippen LogP contribution in [0.2, 0.25) is 0 Å². The number of hydrogen-bond donors (Lipinski definition) is 2. The van der Waals surface area contributed by atoms with Crippen molar-refractivity contribution < 1.29 is 9.53 Å². The number of aryl methyl sites for hydroxylation is 2. The molecule has 0 bridgehead atoms. The lowest BCUT2D eigenvalue weighted by Crippen LogP contribution is -2.20. The van der Waals surface area contributed by atoms with E-state index >= 15 is 0 Å². The third-order valence-electron chi connectivity index (χ3n) is 3.81. The van der Waals surface area contributed by atoms with Crippen LogP contribution in [0.3, 0.4) is 0 Å². The first-order chi connectivity index (χ1) is 13.1. The number of aromatic nitrogens is 2. The van der Waals surface area contributed by atoms with Crippen LogP contribution in [0.1, 0.15) is 16.1 Å². The van der Waals surface area contributed by atoms with E-state index in [9.17, 15) is 4.79 Å². The Balaban J connectivity index is 1.41. The van der Waals surface area contributed by atoms with Crippen LogP contribution in [-0.2, 0) is 11.2 Å². The van der Waals surface area contributed by atoms with Crippen LogP contribution < -0.4 is 15.4 Å². The van der Waals surface area contributed by atoms with Gasteiger partial charge in [-0.2, -0.15) is 0 Å². The SMILES string of the molecule is Cc1cccc(NC(=O)COc2ccc(CCNc3nnc(C)s3)cc2)c1.